The van der Waals surface area contributed by atoms with Crippen molar-refractivity contribution in [2.75, 3.05) is 0 Å². The van der Waals surface area contributed by atoms with Crippen molar-refractivity contribution >= 4 is 12.3 Å². The first-order valence-electron chi connectivity index (χ1n) is 6.86. The van der Waals surface area contributed by atoms with E-state index < -0.39 is 0 Å². The van der Waals surface area contributed by atoms with Crippen LogP contribution in [-0.4, -0.2) is 11.2 Å². The Morgan fingerprint density at radius 3 is 2.45 bits per heavy atom. The minimum Gasteiger partial charge on any atom is -0.440 e. The van der Waals surface area contributed by atoms with E-state index in [0.717, 1.165) is 0 Å². The van der Waals surface area contributed by atoms with Gasteiger partial charge in [-0.3, -0.25) is 0 Å². The lowest BCUT2D eigenvalue weighted by molar-refractivity contribution is 0.464. The van der Waals surface area contributed by atoms with Crippen LogP contribution in [0.3, 0.4) is 0 Å². The molecule has 104 valence electrons. The molecule has 0 aliphatic rings. The van der Waals surface area contributed by atoms with Crippen LogP contribution in [0.1, 0.15) is 55.5 Å². The molecule has 1 aromatic heterocycles. The van der Waals surface area contributed by atoms with Crippen LogP contribution in [0.5, 0.6) is 0 Å². The molecule has 1 unspecified atom stereocenters. The molecular weight excluding hydrogens is 248 g/mol. The molecule has 0 saturated heterocycles. The summed E-state index contributed by atoms with van der Waals surface area (Å²) in [6, 6.07) is 10.3. The highest BCUT2D eigenvalue weighted by Crippen LogP contribution is 2.21. The Morgan fingerprint density at radius 2 is 1.85 bits per heavy atom. The Balaban J connectivity index is 2.21. The fourth-order valence-corrected chi connectivity index (χ4v) is 1.93. The van der Waals surface area contributed by atoms with Crippen molar-refractivity contribution < 1.29 is 4.42 Å². The highest BCUT2D eigenvalue weighted by atomic mass is 16.4. The lowest BCUT2D eigenvalue weighted by Gasteiger charge is -2.05. The van der Waals surface area contributed by atoms with Crippen LogP contribution in [0.15, 0.2) is 40.8 Å². The molecular formula is C17H20N2O. The molecule has 0 radical (unpaired) electrons. The summed E-state index contributed by atoms with van der Waals surface area (Å²) in [6.45, 7) is 6.19. The standard InChI is InChI=1S/C17H20N2O/c1-12(2)17-19-15(11-18)16(20-17)10-9-13(3)14-7-5-4-6-8-14/h4-13,18H,1-3H3/b10-9-,18-11?. The molecule has 1 atom stereocenters. The minimum absolute atomic E-state index is 0.224. The van der Waals surface area contributed by atoms with E-state index in [4.69, 9.17) is 9.83 Å². The first-order valence-corrected chi connectivity index (χ1v) is 6.86. The molecule has 0 aliphatic carbocycles. The Morgan fingerprint density at radius 1 is 1.15 bits per heavy atom. The zero-order valence-electron chi connectivity index (χ0n) is 12.1. The summed E-state index contributed by atoms with van der Waals surface area (Å²) >= 11 is 0. The summed E-state index contributed by atoms with van der Waals surface area (Å²) in [6.07, 6.45) is 5.23. The molecule has 2 aromatic rings. The number of oxazole rings is 1. The van der Waals surface area contributed by atoms with Crippen LogP contribution in [0.4, 0.5) is 0 Å². The SMILES string of the molecule is CC(C)c1nc(C=N)c(/C=C\C(C)c2ccccc2)o1. The summed E-state index contributed by atoms with van der Waals surface area (Å²) in [5.74, 6) is 1.85. The van der Waals surface area contributed by atoms with Gasteiger partial charge in [0.1, 0.15) is 5.69 Å². The van der Waals surface area contributed by atoms with Crippen LogP contribution >= 0.6 is 0 Å². The monoisotopic (exact) mass is 268 g/mol. The summed E-state index contributed by atoms with van der Waals surface area (Å²) in [5.41, 5.74) is 1.84. The van der Waals surface area contributed by atoms with E-state index in [-0.39, 0.29) is 5.92 Å². The van der Waals surface area contributed by atoms with E-state index >= 15 is 0 Å². The molecule has 1 N–H and O–H groups in total. The molecule has 1 aromatic carbocycles. The van der Waals surface area contributed by atoms with Crippen molar-refractivity contribution in [3.05, 3.63) is 59.3 Å². The number of benzene rings is 1. The van der Waals surface area contributed by atoms with Gasteiger partial charge in [-0.25, -0.2) is 4.98 Å². The fraction of sp³-hybridized carbons (Fsp3) is 0.294. The number of aromatic nitrogens is 1. The topological polar surface area (TPSA) is 49.9 Å². The van der Waals surface area contributed by atoms with Gasteiger partial charge in [-0.05, 0) is 17.6 Å². The third-order valence-corrected chi connectivity index (χ3v) is 3.19. The van der Waals surface area contributed by atoms with Crippen molar-refractivity contribution in [3.63, 3.8) is 0 Å². The molecule has 3 heteroatoms. The average molecular weight is 268 g/mol. The zero-order valence-corrected chi connectivity index (χ0v) is 12.1. The predicted octanol–water partition coefficient (Wildman–Crippen LogP) is 4.61. The maximum absolute atomic E-state index is 7.41. The van der Waals surface area contributed by atoms with E-state index in [2.05, 4.69) is 30.1 Å². The smallest absolute Gasteiger partial charge is 0.198 e. The largest absolute Gasteiger partial charge is 0.440 e. The maximum Gasteiger partial charge on any atom is 0.198 e. The van der Waals surface area contributed by atoms with E-state index in [1.165, 1.54) is 11.8 Å². The summed E-state index contributed by atoms with van der Waals surface area (Å²) < 4.78 is 5.70. The van der Waals surface area contributed by atoms with Gasteiger partial charge in [0.05, 0.1) is 0 Å². The van der Waals surface area contributed by atoms with Crippen LogP contribution < -0.4 is 0 Å². The minimum atomic E-state index is 0.224. The maximum atomic E-state index is 7.41. The number of hydrogen-bond acceptors (Lipinski definition) is 3. The van der Waals surface area contributed by atoms with E-state index in [1.807, 2.05) is 38.1 Å². The Hall–Kier alpha value is -2.16. The summed E-state index contributed by atoms with van der Waals surface area (Å²) in [4.78, 5) is 4.32. The molecule has 0 aliphatic heterocycles. The van der Waals surface area contributed by atoms with Crippen LogP contribution in [0.2, 0.25) is 0 Å². The van der Waals surface area contributed by atoms with Gasteiger partial charge >= 0.3 is 0 Å². The second kappa shape index (κ2) is 6.33. The second-order valence-electron chi connectivity index (χ2n) is 5.16. The second-order valence-corrected chi connectivity index (χ2v) is 5.16. The average Bonchev–Trinajstić information content (AvgIpc) is 2.89. The lowest BCUT2D eigenvalue weighted by Crippen LogP contribution is -1.89. The Labute approximate surface area is 119 Å². The van der Waals surface area contributed by atoms with Gasteiger partial charge < -0.3 is 9.83 Å². The highest BCUT2D eigenvalue weighted by molar-refractivity contribution is 5.79. The summed E-state index contributed by atoms with van der Waals surface area (Å²) in [7, 11) is 0. The van der Waals surface area contributed by atoms with Gasteiger partial charge in [-0.15, -0.1) is 0 Å². The number of nitrogens with zero attached hydrogens (tertiary/aromatic N) is 1. The third kappa shape index (κ3) is 3.23. The highest BCUT2D eigenvalue weighted by Gasteiger charge is 2.12. The van der Waals surface area contributed by atoms with Crippen molar-refractivity contribution in [1.82, 2.24) is 4.98 Å². The van der Waals surface area contributed by atoms with Gasteiger partial charge in [0.15, 0.2) is 11.7 Å². The van der Waals surface area contributed by atoms with E-state index in [1.54, 1.807) is 0 Å². The molecule has 0 saturated carbocycles. The molecule has 0 amide bonds. The molecule has 1 heterocycles. The molecule has 0 spiro atoms. The third-order valence-electron chi connectivity index (χ3n) is 3.19. The first-order chi connectivity index (χ1) is 9.61. The molecule has 3 nitrogen and oxygen atoms in total. The molecule has 0 fully saturated rings. The Kier molecular flexibility index (Phi) is 4.51. The van der Waals surface area contributed by atoms with E-state index in [0.29, 0.717) is 23.3 Å². The number of nitrogens with one attached hydrogen (secondary N) is 1. The first kappa shape index (κ1) is 14.3. The zero-order chi connectivity index (χ0) is 14.5. The van der Waals surface area contributed by atoms with Crippen molar-refractivity contribution in [3.8, 4) is 0 Å². The van der Waals surface area contributed by atoms with Crippen LogP contribution in [-0.2, 0) is 0 Å². The number of allylic oxidation sites excluding steroid dienone is 1. The van der Waals surface area contributed by atoms with Crippen molar-refractivity contribution in [2.45, 2.75) is 32.6 Å². The Bertz CT molecular complexity index is 597. The van der Waals surface area contributed by atoms with Crippen LogP contribution in [0.25, 0.3) is 6.08 Å². The van der Waals surface area contributed by atoms with Crippen molar-refractivity contribution in [1.29, 1.82) is 5.41 Å². The van der Waals surface area contributed by atoms with Gasteiger partial charge in [0.2, 0.25) is 0 Å². The van der Waals surface area contributed by atoms with Crippen LogP contribution in [0, 0.1) is 5.41 Å². The van der Waals surface area contributed by atoms with Gasteiger partial charge in [-0.1, -0.05) is 57.2 Å². The molecule has 20 heavy (non-hydrogen) atoms. The number of rotatable bonds is 5. The molecule has 0 bridgehead atoms. The molecule has 2 rings (SSSR count). The van der Waals surface area contributed by atoms with Gasteiger partial charge in [0.25, 0.3) is 0 Å². The van der Waals surface area contributed by atoms with Crippen molar-refractivity contribution in [2.24, 2.45) is 0 Å². The normalized spacial score (nSPS) is 13.0. The van der Waals surface area contributed by atoms with E-state index in [9.17, 15) is 0 Å². The van der Waals surface area contributed by atoms with Gasteiger partial charge in [-0.2, -0.15) is 0 Å². The number of hydrogen-bond donors (Lipinski definition) is 1. The fourth-order valence-electron chi connectivity index (χ4n) is 1.93. The lowest BCUT2D eigenvalue weighted by atomic mass is 10.0. The quantitative estimate of drug-likeness (QED) is 0.805. The summed E-state index contributed by atoms with van der Waals surface area (Å²) in [5, 5.41) is 7.41. The van der Waals surface area contributed by atoms with Gasteiger partial charge in [0, 0.05) is 12.1 Å². The predicted molar refractivity (Wildman–Crippen MR) is 82.4 cm³/mol.